The fraction of sp³-hybridized carbons (Fsp3) is 0.0175. The number of aliphatic carboxylic acids is 2. The second-order valence-corrected chi connectivity index (χ2v) is 14.9. The minimum absolute atomic E-state index is 0.320. The van der Waals surface area contributed by atoms with Crippen molar-refractivity contribution in [1.82, 2.24) is 0 Å². The summed E-state index contributed by atoms with van der Waals surface area (Å²) < 4.78 is 0. The van der Waals surface area contributed by atoms with Crippen LogP contribution in [-0.4, -0.2) is 22.2 Å². The molecule has 0 unspecified atom stereocenters. The van der Waals surface area contributed by atoms with Gasteiger partial charge in [0.15, 0.2) is 0 Å². The zero-order chi connectivity index (χ0) is 44.8. The quantitative estimate of drug-likeness (QED) is 0.0635. The van der Waals surface area contributed by atoms with Crippen LogP contribution >= 0.6 is 0 Å². The molecule has 2 N–H and O–H groups in total. The smallest absolute Gasteiger partial charge is 0.346 e. The van der Waals surface area contributed by atoms with Gasteiger partial charge in [-0.15, -0.1) is 0 Å². The molecule has 0 atom stereocenters. The van der Waals surface area contributed by atoms with Gasteiger partial charge in [0, 0.05) is 17.1 Å². The van der Waals surface area contributed by atoms with E-state index in [0.29, 0.717) is 11.1 Å². The average molecular weight is 832 g/mol. The van der Waals surface area contributed by atoms with Crippen LogP contribution < -0.4 is 4.90 Å². The Labute approximate surface area is 372 Å². The Bertz CT molecular complexity index is 2860. The lowest BCUT2D eigenvalue weighted by Gasteiger charge is -2.26. The Morgan fingerprint density at radius 1 is 0.422 bits per heavy atom. The molecule has 0 spiro atoms. The summed E-state index contributed by atoms with van der Waals surface area (Å²) in [7, 11) is 0. The zero-order valence-corrected chi connectivity index (χ0v) is 34.8. The van der Waals surface area contributed by atoms with Crippen molar-refractivity contribution >= 4 is 77.1 Å². The van der Waals surface area contributed by atoms with Crippen LogP contribution in [0.3, 0.4) is 0 Å². The van der Waals surface area contributed by atoms with Crippen LogP contribution in [0.25, 0.3) is 48.1 Å². The lowest BCUT2D eigenvalue weighted by molar-refractivity contribution is -0.133. The maximum atomic E-state index is 11.2. The van der Waals surface area contributed by atoms with Crippen molar-refractivity contribution in [1.29, 1.82) is 10.5 Å². The van der Waals surface area contributed by atoms with Crippen molar-refractivity contribution < 1.29 is 19.8 Å². The van der Waals surface area contributed by atoms with Crippen LogP contribution in [-0.2, 0) is 9.59 Å². The highest BCUT2D eigenvalue weighted by atomic mass is 16.4. The number of anilines is 3. The maximum Gasteiger partial charge on any atom is 0.346 e. The van der Waals surface area contributed by atoms with E-state index in [0.717, 1.165) is 61.6 Å². The largest absolute Gasteiger partial charge is 0.477 e. The van der Waals surface area contributed by atoms with Gasteiger partial charge in [0.05, 0.1) is 0 Å². The van der Waals surface area contributed by atoms with E-state index in [4.69, 9.17) is 10.5 Å². The summed E-state index contributed by atoms with van der Waals surface area (Å²) in [6.45, 7) is 2.09. The molecule has 64 heavy (non-hydrogen) atoms. The number of carboxylic acid groups (broad SMARTS) is 2. The van der Waals surface area contributed by atoms with Gasteiger partial charge >= 0.3 is 11.9 Å². The minimum Gasteiger partial charge on any atom is -0.477 e. The second kappa shape index (κ2) is 20.5. The lowest BCUT2D eigenvalue weighted by atomic mass is 9.95. The number of nitrogens with zero attached hydrogens (tertiary/aromatic N) is 3. The summed E-state index contributed by atoms with van der Waals surface area (Å²) in [6, 6.07) is 62.2. The molecule has 0 bridgehead atoms. The third kappa shape index (κ3) is 11.2. The fourth-order valence-corrected chi connectivity index (χ4v) is 6.90. The van der Waals surface area contributed by atoms with E-state index in [9.17, 15) is 19.8 Å². The number of aryl methyl sites for hydroxylation is 1. The molecule has 7 heteroatoms. The monoisotopic (exact) mass is 831 g/mol. The molecule has 0 amide bonds. The standard InChI is InChI=1S/C57H41N3O4/c1-40-7-9-47(10-8-40)37-55(48-5-3-2-4-6-48)49-27-33-54(34-28-49)60(52-29-23-43(24-30-52)13-11-41-15-19-45(20-16-41)35-50(38-58)56(61)62)53-31-25-44(26-32-53)14-12-42-17-21-46(22-18-42)36-51(39-59)57(63)64/h2-37H,1H3,(H,61,62)(H,63,64)/b13-11+,14-12+,50-35+,51-36+,55-37+. The van der Waals surface area contributed by atoms with Gasteiger partial charge in [-0.05, 0) is 117 Å². The van der Waals surface area contributed by atoms with Gasteiger partial charge in [-0.3, -0.25) is 0 Å². The van der Waals surface area contributed by atoms with Crippen molar-refractivity contribution in [2.24, 2.45) is 0 Å². The summed E-state index contributed by atoms with van der Waals surface area (Å²) in [5, 5.41) is 36.6. The number of carboxylic acids is 2. The van der Waals surface area contributed by atoms with E-state index >= 15 is 0 Å². The summed E-state index contributed by atoms with van der Waals surface area (Å²) >= 11 is 0. The molecule has 0 aliphatic carbocycles. The first-order valence-electron chi connectivity index (χ1n) is 20.4. The van der Waals surface area contributed by atoms with Crippen molar-refractivity contribution in [3.05, 3.63) is 243 Å². The Morgan fingerprint density at radius 2 is 0.734 bits per heavy atom. The molecule has 0 saturated heterocycles. The summed E-state index contributed by atoms with van der Waals surface area (Å²) in [6.07, 6.45) is 12.9. The summed E-state index contributed by atoms with van der Waals surface area (Å²) in [5.74, 6) is -2.52. The first kappa shape index (κ1) is 43.1. The zero-order valence-electron chi connectivity index (χ0n) is 34.8. The van der Waals surface area contributed by atoms with E-state index in [1.54, 1.807) is 36.4 Å². The van der Waals surface area contributed by atoms with Crippen LogP contribution in [0.4, 0.5) is 17.1 Å². The topological polar surface area (TPSA) is 125 Å². The molecule has 0 aliphatic heterocycles. The van der Waals surface area contributed by atoms with Crippen molar-refractivity contribution in [2.75, 3.05) is 4.90 Å². The van der Waals surface area contributed by atoms with Crippen LogP contribution in [0.15, 0.2) is 187 Å². The highest BCUT2D eigenvalue weighted by molar-refractivity contribution is 5.97. The summed E-state index contributed by atoms with van der Waals surface area (Å²) in [5.41, 5.74) is 13.0. The third-order valence-corrected chi connectivity index (χ3v) is 10.3. The van der Waals surface area contributed by atoms with Crippen LogP contribution in [0, 0.1) is 29.6 Å². The maximum absolute atomic E-state index is 11.2. The van der Waals surface area contributed by atoms with Crippen molar-refractivity contribution in [3.8, 4) is 12.1 Å². The number of hydrogen-bond donors (Lipinski definition) is 2. The highest BCUT2D eigenvalue weighted by Gasteiger charge is 2.14. The molecule has 0 aliphatic rings. The van der Waals surface area contributed by atoms with Gasteiger partial charge in [-0.2, -0.15) is 10.5 Å². The Kier molecular flexibility index (Phi) is 13.8. The Hall–Kier alpha value is -9.04. The molecule has 0 fully saturated rings. The number of hydrogen-bond acceptors (Lipinski definition) is 5. The predicted molar refractivity (Wildman–Crippen MR) is 259 cm³/mol. The van der Waals surface area contributed by atoms with Crippen LogP contribution in [0.2, 0.25) is 0 Å². The third-order valence-electron chi connectivity index (χ3n) is 10.3. The number of carbonyl (C=O) groups is 2. The van der Waals surface area contributed by atoms with Gasteiger partial charge in [0.25, 0.3) is 0 Å². The van der Waals surface area contributed by atoms with E-state index in [1.807, 2.05) is 54.6 Å². The normalized spacial score (nSPS) is 11.9. The molecule has 308 valence electrons. The molecule has 7 rings (SSSR count). The molecule has 0 aromatic heterocycles. The van der Waals surface area contributed by atoms with Gasteiger partial charge < -0.3 is 15.1 Å². The first-order chi connectivity index (χ1) is 31.1. The molecular formula is C57H41N3O4. The van der Waals surface area contributed by atoms with Gasteiger partial charge in [-0.1, -0.05) is 169 Å². The number of benzene rings is 7. The van der Waals surface area contributed by atoms with Gasteiger partial charge in [0.2, 0.25) is 0 Å². The summed E-state index contributed by atoms with van der Waals surface area (Å²) in [4.78, 5) is 24.7. The Balaban J connectivity index is 1.18. The lowest BCUT2D eigenvalue weighted by Crippen LogP contribution is -2.10. The number of nitriles is 2. The molecule has 0 radical (unpaired) electrons. The van der Waals surface area contributed by atoms with E-state index in [1.165, 1.54) is 17.7 Å². The van der Waals surface area contributed by atoms with Crippen LogP contribution in [0.1, 0.15) is 55.6 Å². The van der Waals surface area contributed by atoms with Gasteiger partial charge in [0.1, 0.15) is 23.3 Å². The Morgan fingerprint density at radius 3 is 1.11 bits per heavy atom. The predicted octanol–water partition coefficient (Wildman–Crippen LogP) is 13.4. The average Bonchev–Trinajstić information content (AvgIpc) is 3.33. The SMILES string of the molecule is Cc1ccc(/C=C(\c2ccccc2)c2ccc(N(c3ccc(/C=C/c4ccc(/C=C(\C#N)C(=O)O)cc4)cc3)c3ccc(/C=C/c4ccc(/C=C(\C#N)C(=O)O)cc4)cc3)cc2)cc1. The minimum atomic E-state index is -1.26. The fourth-order valence-electron chi connectivity index (χ4n) is 6.90. The van der Waals surface area contributed by atoms with E-state index in [-0.39, 0.29) is 11.1 Å². The number of rotatable bonds is 14. The molecule has 7 aromatic carbocycles. The molecule has 0 saturated carbocycles. The van der Waals surface area contributed by atoms with E-state index in [2.05, 4.69) is 139 Å². The first-order valence-corrected chi connectivity index (χ1v) is 20.4. The van der Waals surface area contributed by atoms with Crippen molar-refractivity contribution in [3.63, 3.8) is 0 Å². The molecule has 7 nitrogen and oxygen atoms in total. The van der Waals surface area contributed by atoms with Gasteiger partial charge in [-0.25, -0.2) is 9.59 Å². The van der Waals surface area contributed by atoms with Crippen LogP contribution in [0.5, 0.6) is 0 Å². The molecule has 0 heterocycles. The molecular weight excluding hydrogens is 791 g/mol. The van der Waals surface area contributed by atoms with E-state index < -0.39 is 11.9 Å². The highest BCUT2D eigenvalue weighted by Crippen LogP contribution is 2.37. The molecule has 7 aromatic rings. The second-order valence-electron chi connectivity index (χ2n) is 14.9. The van der Waals surface area contributed by atoms with Crippen molar-refractivity contribution in [2.45, 2.75) is 6.92 Å².